The summed E-state index contributed by atoms with van der Waals surface area (Å²) in [5.74, 6) is 4.13. The quantitative estimate of drug-likeness (QED) is 0.790. The van der Waals surface area contributed by atoms with Crippen LogP contribution in [0.1, 0.15) is 39.0 Å². The highest BCUT2D eigenvalue weighted by molar-refractivity contribution is 5.01. The third kappa shape index (κ3) is 1.91. The molecule has 0 aromatic heterocycles. The highest BCUT2D eigenvalue weighted by Gasteiger charge is 2.48. The largest absolute Gasteiger partial charge is 0.383 e. The lowest BCUT2D eigenvalue weighted by Crippen LogP contribution is -2.56. The predicted octanol–water partition coefficient (Wildman–Crippen LogP) is 2.44. The molecule has 0 amide bonds. The Morgan fingerprint density at radius 2 is 1.62 bits per heavy atom. The lowest BCUT2D eigenvalue weighted by Gasteiger charge is -2.55. The minimum absolute atomic E-state index is 0.521. The van der Waals surface area contributed by atoms with Gasteiger partial charge in [0.2, 0.25) is 0 Å². The van der Waals surface area contributed by atoms with Crippen molar-refractivity contribution in [2.75, 3.05) is 13.7 Å². The van der Waals surface area contributed by atoms with Crippen LogP contribution in [0.5, 0.6) is 0 Å². The molecule has 0 spiro atoms. The Kier molecular flexibility index (Phi) is 2.97. The van der Waals surface area contributed by atoms with Crippen LogP contribution in [0.2, 0.25) is 0 Å². The maximum Gasteiger partial charge on any atom is 0.0613 e. The lowest BCUT2D eigenvalue weighted by molar-refractivity contribution is -0.0201. The fourth-order valence-corrected chi connectivity index (χ4v) is 4.82. The molecule has 0 aromatic rings. The monoisotopic (exact) mass is 223 g/mol. The molecule has 0 radical (unpaired) electrons. The number of methoxy groups -OCH3 is 1. The topological polar surface area (TPSA) is 21.3 Å². The van der Waals surface area contributed by atoms with E-state index in [0.29, 0.717) is 6.04 Å². The van der Waals surface area contributed by atoms with E-state index in [1.807, 2.05) is 0 Å². The summed E-state index contributed by atoms with van der Waals surface area (Å²) in [5.41, 5.74) is 0. The minimum Gasteiger partial charge on any atom is -0.383 e. The van der Waals surface area contributed by atoms with Crippen molar-refractivity contribution in [1.82, 2.24) is 5.32 Å². The Hall–Kier alpha value is -0.0800. The zero-order chi connectivity index (χ0) is 11.1. The molecule has 2 nitrogen and oxygen atoms in total. The molecule has 0 saturated heterocycles. The van der Waals surface area contributed by atoms with Crippen molar-refractivity contribution in [2.45, 2.75) is 51.1 Å². The van der Waals surface area contributed by atoms with Gasteiger partial charge in [0, 0.05) is 19.2 Å². The molecule has 4 rings (SSSR count). The van der Waals surface area contributed by atoms with Crippen LogP contribution >= 0.6 is 0 Å². The number of ether oxygens (including phenoxy) is 1. The molecular weight excluding hydrogens is 198 g/mol. The molecule has 4 aliphatic carbocycles. The Balaban J connectivity index is 1.63. The normalized spacial score (nSPS) is 47.2. The van der Waals surface area contributed by atoms with Crippen LogP contribution in [-0.4, -0.2) is 25.8 Å². The first-order valence-electron chi connectivity index (χ1n) is 7.01. The summed E-state index contributed by atoms with van der Waals surface area (Å²) in [6, 6.07) is 1.32. The summed E-state index contributed by atoms with van der Waals surface area (Å²) in [6.45, 7) is 3.11. The van der Waals surface area contributed by atoms with Crippen molar-refractivity contribution < 1.29 is 4.74 Å². The maximum absolute atomic E-state index is 5.23. The molecule has 4 saturated carbocycles. The zero-order valence-electron chi connectivity index (χ0n) is 10.6. The Bertz CT molecular complexity index is 225. The average molecular weight is 223 g/mol. The van der Waals surface area contributed by atoms with Crippen LogP contribution < -0.4 is 5.32 Å². The first-order chi connectivity index (χ1) is 7.76. The molecule has 4 fully saturated rings. The van der Waals surface area contributed by atoms with E-state index < -0.39 is 0 Å². The van der Waals surface area contributed by atoms with Crippen molar-refractivity contribution in [2.24, 2.45) is 23.7 Å². The second-order valence-corrected chi connectivity index (χ2v) is 6.48. The van der Waals surface area contributed by atoms with Gasteiger partial charge in [-0.2, -0.15) is 0 Å². The van der Waals surface area contributed by atoms with Gasteiger partial charge in [0.1, 0.15) is 0 Å². The Morgan fingerprint density at radius 3 is 2.12 bits per heavy atom. The molecule has 4 aliphatic rings. The van der Waals surface area contributed by atoms with E-state index in [2.05, 4.69) is 12.2 Å². The van der Waals surface area contributed by atoms with E-state index in [1.54, 1.807) is 13.5 Å². The molecule has 92 valence electrons. The zero-order valence-corrected chi connectivity index (χ0v) is 10.6. The number of hydrogen-bond acceptors (Lipinski definition) is 2. The van der Waals surface area contributed by atoms with Crippen LogP contribution in [-0.2, 0) is 4.74 Å². The summed E-state index contributed by atoms with van der Waals surface area (Å²) in [6.07, 6.45) is 7.57. The number of rotatable bonds is 4. The third-order valence-electron chi connectivity index (χ3n) is 5.12. The second kappa shape index (κ2) is 4.30. The van der Waals surface area contributed by atoms with Gasteiger partial charge in [0.25, 0.3) is 0 Å². The molecule has 2 heteroatoms. The SMILES string of the molecule is COC[C@H](C)NC1C2CC3CC(C2)CC1C3. The summed E-state index contributed by atoms with van der Waals surface area (Å²) in [4.78, 5) is 0. The predicted molar refractivity (Wildman–Crippen MR) is 65.3 cm³/mol. The highest BCUT2D eigenvalue weighted by Crippen LogP contribution is 2.53. The van der Waals surface area contributed by atoms with Crippen LogP contribution in [0, 0.1) is 23.7 Å². The number of nitrogens with one attached hydrogen (secondary N) is 1. The number of hydrogen-bond donors (Lipinski definition) is 1. The smallest absolute Gasteiger partial charge is 0.0613 e. The van der Waals surface area contributed by atoms with Gasteiger partial charge in [0.05, 0.1) is 6.61 Å². The van der Waals surface area contributed by atoms with Crippen LogP contribution in [0.25, 0.3) is 0 Å². The van der Waals surface area contributed by atoms with E-state index in [-0.39, 0.29) is 0 Å². The van der Waals surface area contributed by atoms with E-state index in [4.69, 9.17) is 4.74 Å². The van der Waals surface area contributed by atoms with Gasteiger partial charge in [-0.3, -0.25) is 0 Å². The van der Waals surface area contributed by atoms with Crippen molar-refractivity contribution in [3.8, 4) is 0 Å². The highest BCUT2D eigenvalue weighted by atomic mass is 16.5. The van der Waals surface area contributed by atoms with Gasteiger partial charge in [-0.1, -0.05) is 0 Å². The first kappa shape index (κ1) is 11.0. The van der Waals surface area contributed by atoms with Crippen molar-refractivity contribution in [3.63, 3.8) is 0 Å². The summed E-state index contributed by atoms with van der Waals surface area (Å²) in [7, 11) is 1.80. The van der Waals surface area contributed by atoms with E-state index in [9.17, 15) is 0 Å². The fourth-order valence-electron chi connectivity index (χ4n) is 4.82. The van der Waals surface area contributed by atoms with Gasteiger partial charge >= 0.3 is 0 Å². The lowest BCUT2D eigenvalue weighted by atomic mass is 9.54. The van der Waals surface area contributed by atoms with Crippen LogP contribution in [0.4, 0.5) is 0 Å². The van der Waals surface area contributed by atoms with Crippen molar-refractivity contribution in [1.29, 1.82) is 0 Å². The van der Waals surface area contributed by atoms with Crippen LogP contribution in [0.15, 0.2) is 0 Å². The molecule has 16 heavy (non-hydrogen) atoms. The Morgan fingerprint density at radius 1 is 1.06 bits per heavy atom. The van der Waals surface area contributed by atoms with Gasteiger partial charge < -0.3 is 10.1 Å². The van der Waals surface area contributed by atoms with Gasteiger partial charge in [0.15, 0.2) is 0 Å². The molecule has 0 unspecified atom stereocenters. The average Bonchev–Trinajstić information content (AvgIpc) is 2.23. The maximum atomic E-state index is 5.23. The summed E-state index contributed by atoms with van der Waals surface area (Å²) < 4.78 is 5.23. The van der Waals surface area contributed by atoms with Crippen molar-refractivity contribution in [3.05, 3.63) is 0 Å². The Labute approximate surface area is 99.1 Å². The third-order valence-corrected chi connectivity index (χ3v) is 5.12. The molecule has 1 N–H and O–H groups in total. The molecule has 0 heterocycles. The van der Waals surface area contributed by atoms with E-state index in [0.717, 1.165) is 36.3 Å². The molecule has 4 bridgehead atoms. The fraction of sp³-hybridized carbons (Fsp3) is 1.00. The van der Waals surface area contributed by atoms with Crippen LogP contribution in [0.3, 0.4) is 0 Å². The second-order valence-electron chi connectivity index (χ2n) is 6.48. The minimum atomic E-state index is 0.521. The van der Waals surface area contributed by atoms with Gasteiger partial charge in [-0.05, 0) is 62.7 Å². The van der Waals surface area contributed by atoms with Crippen molar-refractivity contribution >= 4 is 0 Å². The molecule has 1 atom stereocenters. The molecular formula is C14H25NO. The van der Waals surface area contributed by atoms with E-state index in [1.165, 1.54) is 25.7 Å². The molecule has 0 aromatic carbocycles. The van der Waals surface area contributed by atoms with Gasteiger partial charge in [-0.15, -0.1) is 0 Å². The summed E-state index contributed by atoms with van der Waals surface area (Å²) >= 11 is 0. The first-order valence-corrected chi connectivity index (χ1v) is 7.01. The standard InChI is InChI=1S/C14H25NO/c1-9(8-16-2)15-14-12-4-10-3-11(6-12)7-13(14)5-10/h9-15H,3-8H2,1-2H3/t9-,10?,11?,12?,13?,14?/m0/s1. The summed E-state index contributed by atoms with van der Waals surface area (Å²) in [5, 5.41) is 3.84. The molecule has 0 aliphatic heterocycles. The van der Waals surface area contributed by atoms with E-state index >= 15 is 0 Å². The van der Waals surface area contributed by atoms with Gasteiger partial charge in [-0.25, -0.2) is 0 Å².